The molecule has 1 saturated heterocycles. The van der Waals surface area contributed by atoms with Gasteiger partial charge in [-0.1, -0.05) is 0 Å². The summed E-state index contributed by atoms with van der Waals surface area (Å²) >= 11 is 0. The van der Waals surface area contributed by atoms with Crippen molar-refractivity contribution >= 4 is 6.03 Å². The molecule has 5 nitrogen and oxygen atoms in total. The van der Waals surface area contributed by atoms with Crippen LogP contribution in [-0.2, 0) is 4.74 Å². The van der Waals surface area contributed by atoms with E-state index in [0.717, 1.165) is 0 Å². The summed E-state index contributed by atoms with van der Waals surface area (Å²) in [6.07, 6.45) is 0. The van der Waals surface area contributed by atoms with Gasteiger partial charge < -0.3 is 14.7 Å². The monoisotopic (exact) mass is 174 g/mol. The number of hydrogen-bond acceptors (Lipinski definition) is 3. The summed E-state index contributed by atoms with van der Waals surface area (Å²) in [6, 6.07) is -0.0501. The van der Waals surface area contributed by atoms with E-state index in [1.54, 1.807) is 16.9 Å². The molecule has 0 saturated carbocycles. The van der Waals surface area contributed by atoms with Crippen LogP contribution in [0.5, 0.6) is 0 Å². The van der Waals surface area contributed by atoms with Gasteiger partial charge in [-0.2, -0.15) is 0 Å². The van der Waals surface area contributed by atoms with Gasteiger partial charge in [0.15, 0.2) is 0 Å². The Labute approximate surface area is 71.5 Å². The molecule has 1 fully saturated rings. The van der Waals surface area contributed by atoms with Crippen molar-refractivity contribution in [2.75, 3.05) is 40.1 Å². The molecular formula is C7H14N2O3. The van der Waals surface area contributed by atoms with Gasteiger partial charge in [0.25, 0.3) is 0 Å². The molecule has 1 aliphatic rings. The lowest BCUT2D eigenvalue weighted by Gasteiger charge is -2.16. The fourth-order valence-corrected chi connectivity index (χ4v) is 1.24. The molecule has 0 radical (unpaired) electrons. The number of ether oxygens (including phenoxy) is 1. The number of amides is 2. The first-order valence-electron chi connectivity index (χ1n) is 3.93. The van der Waals surface area contributed by atoms with E-state index in [1.165, 1.54) is 0 Å². The average Bonchev–Trinajstić information content (AvgIpc) is 2.38. The number of carbonyl (C=O) groups excluding carboxylic acids is 1. The summed E-state index contributed by atoms with van der Waals surface area (Å²) in [5.74, 6) is 0. The quantitative estimate of drug-likeness (QED) is 0.614. The van der Waals surface area contributed by atoms with Gasteiger partial charge in [0.05, 0.1) is 6.61 Å². The van der Waals surface area contributed by atoms with Gasteiger partial charge in [-0.3, -0.25) is 4.90 Å². The maximum absolute atomic E-state index is 11.3. The predicted octanol–water partition coefficient (Wildman–Crippen LogP) is -0.680. The molecule has 1 rings (SSSR count). The first-order chi connectivity index (χ1) is 5.79. The lowest BCUT2D eigenvalue weighted by molar-refractivity contribution is 0.0919. The summed E-state index contributed by atoms with van der Waals surface area (Å²) in [4.78, 5) is 14.6. The van der Waals surface area contributed by atoms with E-state index in [2.05, 4.69) is 0 Å². The SMILES string of the molecule is COCN1CCN(CCO)C1=O. The topological polar surface area (TPSA) is 53.0 Å². The van der Waals surface area contributed by atoms with Crippen molar-refractivity contribution in [1.82, 2.24) is 9.80 Å². The van der Waals surface area contributed by atoms with Crippen LogP contribution >= 0.6 is 0 Å². The van der Waals surface area contributed by atoms with E-state index in [0.29, 0.717) is 26.4 Å². The van der Waals surface area contributed by atoms with Gasteiger partial charge in [-0.25, -0.2) is 4.79 Å². The summed E-state index contributed by atoms with van der Waals surface area (Å²) in [5.41, 5.74) is 0. The standard InChI is InChI=1S/C7H14N2O3/c1-12-6-9-3-2-8(4-5-10)7(9)11/h10H,2-6H2,1H3. The second kappa shape index (κ2) is 4.27. The van der Waals surface area contributed by atoms with Crippen LogP contribution in [0, 0.1) is 0 Å². The number of methoxy groups -OCH3 is 1. The smallest absolute Gasteiger partial charge is 0.322 e. The summed E-state index contributed by atoms with van der Waals surface area (Å²) in [6.45, 7) is 2.14. The molecule has 0 unspecified atom stereocenters. The van der Waals surface area contributed by atoms with Crippen LogP contribution < -0.4 is 0 Å². The van der Waals surface area contributed by atoms with E-state index in [-0.39, 0.29) is 12.6 Å². The summed E-state index contributed by atoms with van der Waals surface area (Å²) < 4.78 is 4.84. The zero-order chi connectivity index (χ0) is 8.97. The van der Waals surface area contributed by atoms with Gasteiger partial charge in [0.1, 0.15) is 6.73 Å². The van der Waals surface area contributed by atoms with Crippen molar-refractivity contribution in [1.29, 1.82) is 0 Å². The Hall–Kier alpha value is -0.810. The highest BCUT2D eigenvalue weighted by Crippen LogP contribution is 2.06. The van der Waals surface area contributed by atoms with E-state index in [1.807, 2.05) is 0 Å². The highest BCUT2D eigenvalue weighted by atomic mass is 16.5. The average molecular weight is 174 g/mol. The zero-order valence-electron chi connectivity index (χ0n) is 7.19. The maximum Gasteiger partial charge on any atom is 0.322 e. The van der Waals surface area contributed by atoms with Crippen molar-refractivity contribution in [2.45, 2.75) is 0 Å². The molecule has 70 valence electrons. The van der Waals surface area contributed by atoms with Gasteiger partial charge in [-0.15, -0.1) is 0 Å². The number of hydrogen-bond donors (Lipinski definition) is 1. The molecule has 0 spiro atoms. The van der Waals surface area contributed by atoms with Crippen molar-refractivity contribution in [3.63, 3.8) is 0 Å². The lowest BCUT2D eigenvalue weighted by Crippen LogP contribution is -2.34. The Morgan fingerprint density at radius 2 is 2.17 bits per heavy atom. The summed E-state index contributed by atoms with van der Waals surface area (Å²) in [5, 5.41) is 8.62. The van der Waals surface area contributed by atoms with Crippen molar-refractivity contribution in [2.24, 2.45) is 0 Å². The third-order valence-corrected chi connectivity index (χ3v) is 1.84. The lowest BCUT2D eigenvalue weighted by atomic mass is 10.5. The Kier molecular flexibility index (Phi) is 3.31. The van der Waals surface area contributed by atoms with E-state index in [9.17, 15) is 4.79 Å². The number of urea groups is 1. The Morgan fingerprint density at radius 1 is 1.50 bits per heavy atom. The third-order valence-electron chi connectivity index (χ3n) is 1.84. The molecule has 12 heavy (non-hydrogen) atoms. The zero-order valence-corrected chi connectivity index (χ0v) is 7.19. The Balaban J connectivity index is 2.38. The molecule has 1 N–H and O–H groups in total. The first kappa shape index (κ1) is 9.28. The highest BCUT2D eigenvalue weighted by molar-refractivity contribution is 5.76. The van der Waals surface area contributed by atoms with Crippen LogP contribution in [0.3, 0.4) is 0 Å². The number of aliphatic hydroxyl groups excluding tert-OH is 1. The first-order valence-corrected chi connectivity index (χ1v) is 3.93. The number of aliphatic hydroxyl groups is 1. The second-order valence-electron chi connectivity index (χ2n) is 2.67. The van der Waals surface area contributed by atoms with E-state index >= 15 is 0 Å². The van der Waals surface area contributed by atoms with Crippen LogP contribution in [0.25, 0.3) is 0 Å². The minimum Gasteiger partial charge on any atom is -0.395 e. The van der Waals surface area contributed by atoms with Gasteiger partial charge in [0, 0.05) is 26.7 Å². The number of rotatable bonds is 4. The molecule has 0 aromatic carbocycles. The Bertz CT molecular complexity index is 147. The van der Waals surface area contributed by atoms with Crippen LogP contribution in [0.1, 0.15) is 0 Å². The molecule has 0 aromatic rings. The largest absolute Gasteiger partial charge is 0.395 e. The van der Waals surface area contributed by atoms with Gasteiger partial charge >= 0.3 is 6.03 Å². The fourth-order valence-electron chi connectivity index (χ4n) is 1.24. The summed E-state index contributed by atoms with van der Waals surface area (Å²) in [7, 11) is 1.56. The maximum atomic E-state index is 11.3. The van der Waals surface area contributed by atoms with Crippen molar-refractivity contribution in [3.05, 3.63) is 0 Å². The second-order valence-corrected chi connectivity index (χ2v) is 2.67. The van der Waals surface area contributed by atoms with Crippen LogP contribution in [0.2, 0.25) is 0 Å². The Morgan fingerprint density at radius 3 is 2.75 bits per heavy atom. The molecule has 0 bridgehead atoms. The molecule has 0 aliphatic carbocycles. The van der Waals surface area contributed by atoms with Crippen LogP contribution in [-0.4, -0.2) is 61.0 Å². The minimum atomic E-state index is -0.0501. The molecule has 2 amide bonds. The van der Waals surface area contributed by atoms with Crippen molar-refractivity contribution in [3.8, 4) is 0 Å². The third kappa shape index (κ3) is 1.86. The van der Waals surface area contributed by atoms with Gasteiger partial charge in [-0.05, 0) is 0 Å². The normalized spacial score (nSPS) is 17.7. The van der Waals surface area contributed by atoms with Crippen LogP contribution in [0.4, 0.5) is 4.79 Å². The van der Waals surface area contributed by atoms with E-state index < -0.39 is 0 Å². The number of carbonyl (C=O) groups is 1. The molecule has 0 atom stereocenters. The molecule has 0 aromatic heterocycles. The van der Waals surface area contributed by atoms with E-state index in [4.69, 9.17) is 9.84 Å². The number of β-amino-alcohol motifs (C(OH)–C–C–N with tert-alkyl or cyclic N) is 1. The molecule has 1 heterocycles. The molecule has 1 aliphatic heterocycles. The number of nitrogens with zero attached hydrogens (tertiary/aromatic N) is 2. The molecule has 5 heteroatoms. The van der Waals surface area contributed by atoms with Crippen LogP contribution in [0.15, 0.2) is 0 Å². The fraction of sp³-hybridized carbons (Fsp3) is 0.857. The van der Waals surface area contributed by atoms with Crippen molar-refractivity contribution < 1.29 is 14.6 Å². The highest BCUT2D eigenvalue weighted by Gasteiger charge is 2.27. The minimum absolute atomic E-state index is 0.0204. The van der Waals surface area contributed by atoms with Gasteiger partial charge in [0.2, 0.25) is 0 Å². The predicted molar refractivity (Wildman–Crippen MR) is 42.6 cm³/mol. The molecular weight excluding hydrogens is 160 g/mol.